The summed E-state index contributed by atoms with van der Waals surface area (Å²) in [4.78, 5) is 56.0. The molecule has 1 fully saturated rings. The molecule has 0 aliphatic carbocycles. The van der Waals surface area contributed by atoms with E-state index in [1.807, 2.05) is 115 Å². The number of carbonyl (C=O) groups excluding carboxylic acids is 4. The van der Waals surface area contributed by atoms with E-state index in [4.69, 9.17) is 5.73 Å². The Balaban J connectivity index is 0.00000523. The highest BCUT2D eigenvalue weighted by atomic mass is 16.2. The number of nitrogens with two attached hydrogens (primary N) is 1. The van der Waals surface area contributed by atoms with Crippen LogP contribution in [0, 0.1) is 5.92 Å². The van der Waals surface area contributed by atoms with E-state index in [0.29, 0.717) is 19.3 Å². The predicted octanol–water partition coefficient (Wildman–Crippen LogP) is 4.94. The van der Waals surface area contributed by atoms with E-state index in [1.165, 1.54) is 4.90 Å². The van der Waals surface area contributed by atoms with Crippen LogP contribution in [0.3, 0.4) is 0 Å². The van der Waals surface area contributed by atoms with Gasteiger partial charge in [0.1, 0.15) is 12.1 Å². The highest BCUT2D eigenvalue weighted by Crippen LogP contribution is 2.20. The lowest BCUT2D eigenvalue weighted by Gasteiger charge is -2.30. The van der Waals surface area contributed by atoms with Crippen molar-refractivity contribution in [2.75, 3.05) is 26.2 Å². The summed E-state index contributed by atoms with van der Waals surface area (Å²) in [6.45, 7) is 1.42. The highest BCUT2D eigenvalue weighted by Gasteiger charge is 2.32. The van der Waals surface area contributed by atoms with E-state index in [2.05, 4.69) is 16.0 Å². The number of nitrogens with one attached hydrogen (secondary N) is 3. The third kappa shape index (κ3) is 10.0. The fraction of sp³-hybridized carbons (Fsp3) is 0.302. The summed E-state index contributed by atoms with van der Waals surface area (Å²) in [5, 5.41) is 13.5. The molecule has 0 saturated carbocycles. The SMILES string of the molecule is C.NC(=O)CN(CCc1ccccc1)C(=O)[C@@H](Cc1ccc2ccccc2c1)NC(=O)[C@@H](Cc1ccc2ccccc2c1)NC(=O)C1CCNCC1. The highest BCUT2D eigenvalue weighted by molar-refractivity contribution is 5.94. The van der Waals surface area contributed by atoms with Gasteiger partial charge in [0.2, 0.25) is 23.6 Å². The van der Waals surface area contributed by atoms with Gasteiger partial charge in [-0.3, -0.25) is 19.2 Å². The molecule has 1 saturated heterocycles. The summed E-state index contributed by atoms with van der Waals surface area (Å²) in [6, 6.07) is 35.6. The van der Waals surface area contributed by atoms with Gasteiger partial charge in [-0.25, -0.2) is 0 Å². The Bertz CT molecular complexity index is 1990. The van der Waals surface area contributed by atoms with Crippen molar-refractivity contribution >= 4 is 45.2 Å². The number of piperidine rings is 1. The molecule has 5 N–H and O–H groups in total. The molecule has 9 heteroatoms. The van der Waals surface area contributed by atoms with Crippen molar-refractivity contribution in [1.82, 2.24) is 20.9 Å². The van der Waals surface area contributed by atoms with Gasteiger partial charge in [-0.2, -0.15) is 0 Å². The first-order chi connectivity index (χ1) is 24.8. The minimum atomic E-state index is -1.02. The molecule has 0 spiro atoms. The number of rotatable bonds is 14. The zero-order valence-corrected chi connectivity index (χ0v) is 28.7. The van der Waals surface area contributed by atoms with Crippen molar-refractivity contribution in [3.8, 4) is 0 Å². The molecule has 5 aromatic rings. The smallest absolute Gasteiger partial charge is 0.245 e. The van der Waals surface area contributed by atoms with Crippen LogP contribution in [0.1, 0.15) is 37.0 Å². The van der Waals surface area contributed by atoms with E-state index in [9.17, 15) is 19.2 Å². The van der Waals surface area contributed by atoms with Gasteiger partial charge in [0.25, 0.3) is 0 Å². The number of benzene rings is 5. The molecule has 270 valence electrons. The largest absolute Gasteiger partial charge is 0.368 e. The first kappa shape index (κ1) is 37.7. The van der Waals surface area contributed by atoms with Crippen LogP contribution in [0.15, 0.2) is 115 Å². The fourth-order valence-corrected chi connectivity index (χ4v) is 6.84. The number of carbonyl (C=O) groups is 4. The molecule has 1 aliphatic rings. The predicted molar refractivity (Wildman–Crippen MR) is 207 cm³/mol. The molecule has 0 unspecified atom stereocenters. The second kappa shape index (κ2) is 18.1. The molecule has 0 bridgehead atoms. The van der Waals surface area contributed by atoms with Crippen molar-refractivity contribution in [3.63, 3.8) is 0 Å². The molecule has 0 radical (unpaired) electrons. The lowest BCUT2D eigenvalue weighted by Crippen LogP contribution is -2.57. The summed E-state index contributed by atoms with van der Waals surface area (Å²) in [6.07, 6.45) is 2.29. The van der Waals surface area contributed by atoms with Gasteiger partial charge in [0.15, 0.2) is 0 Å². The Labute approximate surface area is 306 Å². The third-order valence-corrected chi connectivity index (χ3v) is 9.64. The number of amides is 4. The van der Waals surface area contributed by atoms with Crippen LogP contribution in [-0.2, 0) is 38.4 Å². The van der Waals surface area contributed by atoms with E-state index < -0.39 is 29.8 Å². The summed E-state index contributed by atoms with van der Waals surface area (Å²) in [5.74, 6) is -1.91. The standard InChI is InChI=1S/C42H45N5O4.CH4/c43-39(48)28-47(23-20-29-8-2-1-3-9-29)42(51)38(27-31-15-17-33-11-5-7-13-36(33)25-31)46-41(50)37(45-40(49)34-18-21-44-22-19-34)26-30-14-16-32-10-4-6-12-35(32)24-30;/h1-17,24-25,34,37-38,44H,18-23,26-28H2,(H2,43,48)(H,45,49)(H,46,50);1H4/t37-,38-;/m1./s1. The quantitative estimate of drug-likeness (QED) is 0.130. The Hall–Kier alpha value is -5.54. The normalized spacial score (nSPS) is 14.2. The molecule has 2 atom stereocenters. The van der Waals surface area contributed by atoms with Crippen molar-refractivity contribution in [2.24, 2.45) is 11.7 Å². The number of fused-ring (bicyclic) bond motifs is 2. The Morgan fingerprint density at radius 2 is 1.21 bits per heavy atom. The first-order valence-electron chi connectivity index (χ1n) is 17.7. The van der Waals surface area contributed by atoms with E-state index >= 15 is 0 Å². The molecule has 9 nitrogen and oxygen atoms in total. The summed E-state index contributed by atoms with van der Waals surface area (Å²) < 4.78 is 0. The average Bonchev–Trinajstić information content (AvgIpc) is 3.16. The van der Waals surface area contributed by atoms with Gasteiger partial charge in [-0.15, -0.1) is 0 Å². The Kier molecular flexibility index (Phi) is 13.1. The zero-order valence-electron chi connectivity index (χ0n) is 28.7. The summed E-state index contributed by atoms with van der Waals surface area (Å²) in [7, 11) is 0. The Morgan fingerprint density at radius 1 is 0.673 bits per heavy atom. The minimum Gasteiger partial charge on any atom is -0.368 e. The van der Waals surface area contributed by atoms with Crippen LogP contribution < -0.4 is 21.7 Å². The van der Waals surface area contributed by atoms with Crippen LogP contribution in [0.4, 0.5) is 0 Å². The van der Waals surface area contributed by atoms with Gasteiger partial charge >= 0.3 is 0 Å². The maximum absolute atomic E-state index is 14.4. The van der Waals surface area contributed by atoms with Gasteiger partial charge < -0.3 is 26.6 Å². The van der Waals surface area contributed by atoms with Gasteiger partial charge in [-0.1, -0.05) is 123 Å². The molecule has 52 heavy (non-hydrogen) atoms. The lowest BCUT2D eigenvalue weighted by atomic mass is 9.95. The molecular formula is C43H49N5O4. The zero-order chi connectivity index (χ0) is 35.6. The second-order valence-electron chi connectivity index (χ2n) is 13.4. The van der Waals surface area contributed by atoms with Crippen molar-refractivity contribution < 1.29 is 19.2 Å². The van der Waals surface area contributed by atoms with Crippen molar-refractivity contribution in [2.45, 2.75) is 51.6 Å². The summed E-state index contributed by atoms with van der Waals surface area (Å²) >= 11 is 0. The van der Waals surface area contributed by atoms with Crippen LogP contribution in [0.5, 0.6) is 0 Å². The minimum absolute atomic E-state index is 0. The molecular weight excluding hydrogens is 651 g/mol. The third-order valence-electron chi connectivity index (χ3n) is 9.64. The van der Waals surface area contributed by atoms with Gasteiger partial charge in [0.05, 0.1) is 6.54 Å². The van der Waals surface area contributed by atoms with Gasteiger partial charge in [-0.05, 0) is 70.6 Å². The van der Waals surface area contributed by atoms with E-state index in [0.717, 1.165) is 51.3 Å². The second-order valence-corrected chi connectivity index (χ2v) is 13.4. The monoisotopic (exact) mass is 699 g/mol. The number of primary amides is 1. The molecule has 0 aromatic heterocycles. The first-order valence-corrected chi connectivity index (χ1v) is 17.7. The van der Waals surface area contributed by atoms with Crippen molar-refractivity contribution in [3.05, 3.63) is 132 Å². The Morgan fingerprint density at radius 3 is 1.79 bits per heavy atom. The number of hydrogen-bond acceptors (Lipinski definition) is 5. The van der Waals surface area contributed by atoms with Crippen molar-refractivity contribution in [1.29, 1.82) is 0 Å². The molecule has 4 amide bonds. The van der Waals surface area contributed by atoms with Crippen LogP contribution in [0.2, 0.25) is 0 Å². The maximum atomic E-state index is 14.4. The van der Waals surface area contributed by atoms with E-state index in [1.54, 1.807) is 0 Å². The van der Waals surface area contributed by atoms with Crippen LogP contribution >= 0.6 is 0 Å². The van der Waals surface area contributed by atoms with E-state index in [-0.39, 0.29) is 45.2 Å². The van der Waals surface area contributed by atoms with Crippen LogP contribution in [-0.4, -0.2) is 66.8 Å². The topological polar surface area (TPSA) is 134 Å². The van der Waals surface area contributed by atoms with Gasteiger partial charge in [0, 0.05) is 25.3 Å². The lowest BCUT2D eigenvalue weighted by molar-refractivity contribution is -0.139. The maximum Gasteiger partial charge on any atom is 0.245 e. The number of hydrogen-bond donors (Lipinski definition) is 4. The molecule has 1 aliphatic heterocycles. The molecule has 1 heterocycles. The molecule has 5 aromatic carbocycles. The average molecular weight is 700 g/mol. The number of nitrogens with zero attached hydrogens (tertiary/aromatic N) is 1. The molecule has 6 rings (SSSR count). The fourth-order valence-electron chi connectivity index (χ4n) is 6.84. The summed E-state index contributed by atoms with van der Waals surface area (Å²) in [5.41, 5.74) is 8.38. The van der Waals surface area contributed by atoms with Crippen LogP contribution in [0.25, 0.3) is 21.5 Å².